The van der Waals surface area contributed by atoms with Crippen molar-refractivity contribution >= 4 is 17.1 Å². The molecule has 0 bridgehead atoms. The van der Waals surface area contributed by atoms with Crippen LogP contribution in [0.15, 0.2) is 237 Å². The summed E-state index contributed by atoms with van der Waals surface area (Å²) in [6.07, 6.45) is 0. The molecule has 1 heteroatoms. The minimum atomic E-state index is -0.431. The Hall–Kier alpha value is -8.00. The second kappa shape index (κ2) is 13.5. The predicted octanol–water partition coefficient (Wildman–Crippen LogP) is 16.2. The van der Waals surface area contributed by atoms with Crippen LogP contribution in [-0.4, -0.2) is 0 Å². The van der Waals surface area contributed by atoms with Gasteiger partial charge in [0.25, 0.3) is 0 Å². The minimum absolute atomic E-state index is 0.259. The quantitative estimate of drug-likeness (QED) is 0.171. The molecule has 0 fully saturated rings. The van der Waals surface area contributed by atoms with Gasteiger partial charge in [-0.2, -0.15) is 0 Å². The predicted molar refractivity (Wildman–Crippen MR) is 272 cm³/mol. The molecule has 10 aromatic rings. The SMILES string of the molecule is CC1(C)c2ccccc2C2(c3ccccc3-c3ccccc32)c2ccc(N(c3ccccc3)c3ccc(-c4cccc5c4C4(c6ccccc6-c6ccccc64)c4ccccc4-5)cc3)cc21. The van der Waals surface area contributed by atoms with Crippen molar-refractivity contribution in [3.8, 4) is 44.5 Å². The summed E-state index contributed by atoms with van der Waals surface area (Å²) in [5, 5.41) is 0. The molecule has 0 amide bonds. The van der Waals surface area contributed by atoms with Crippen molar-refractivity contribution in [2.45, 2.75) is 30.1 Å². The van der Waals surface area contributed by atoms with Crippen LogP contribution in [0.1, 0.15) is 69.5 Å². The Morgan fingerprint density at radius 1 is 0.258 bits per heavy atom. The van der Waals surface area contributed by atoms with Crippen molar-refractivity contribution in [2.75, 3.05) is 4.90 Å². The van der Waals surface area contributed by atoms with Crippen molar-refractivity contribution < 1.29 is 0 Å². The van der Waals surface area contributed by atoms with Crippen LogP contribution < -0.4 is 4.90 Å². The van der Waals surface area contributed by atoms with Crippen LogP contribution in [0.25, 0.3) is 44.5 Å². The van der Waals surface area contributed by atoms with E-state index in [0.717, 1.165) is 17.1 Å². The fourth-order valence-electron chi connectivity index (χ4n) is 13.2. The second-order valence-corrected chi connectivity index (χ2v) is 19.1. The van der Waals surface area contributed by atoms with E-state index in [9.17, 15) is 0 Å². The van der Waals surface area contributed by atoms with E-state index in [-0.39, 0.29) is 5.41 Å². The topological polar surface area (TPSA) is 3.24 Å². The molecular formula is C65H45N. The van der Waals surface area contributed by atoms with Crippen LogP contribution in [0, 0.1) is 0 Å². The molecule has 10 aromatic carbocycles. The van der Waals surface area contributed by atoms with Crippen molar-refractivity contribution in [2.24, 2.45) is 0 Å². The Morgan fingerprint density at radius 2 is 0.636 bits per heavy atom. The van der Waals surface area contributed by atoms with Gasteiger partial charge in [0.1, 0.15) is 0 Å². The summed E-state index contributed by atoms with van der Waals surface area (Å²) in [6.45, 7) is 4.83. The van der Waals surface area contributed by atoms with Gasteiger partial charge in [0.05, 0.1) is 10.8 Å². The zero-order chi connectivity index (χ0) is 43.8. The molecule has 0 aromatic heterocycles. The van der Waals surface area contributed by atoms with E-state index in [1.807, 2.05) is 0 Å². The number of hydrogen-bond acceptors (Lipinski definition) is 1. The van der Waals surface area contributed by atoms with E-state index in [1.54, 1.807) is 0 Å². The molecule has 0 radical (unpaired) electrons. The molecule has 0 heterocycles. The first-order chi connectivity index (χ1) is 32.5. The highest BCUT2D eigenvalue weighted by Gasteiger charge is 2.54. The fourth-order valence-corrected chi connectivity index (χ4v) is 13.2. The van der Waals surface area contributed by atoms with Crippen LogP contribution in [0.3, 0.4) is 0 Å². The van der Waals surface area contributed by atoms with Gasteiger partial charge in [0.2, 0.25) is 0 Å². The van der Waals surface area contributed by atoms with E-state index < -0.39 is 10.8 Å². The Bertz CT molecular complexity index is 3520. The van der Waals surface area contributed by atoms with Crippen molar-refractivity contribution in [1.29, 1.82) is 0 Å². The number of anilines is 3. The lowest BCUT2D eigenvalue weighted by Crippen LogP contribution is -2.40. The first kappa shape index (κ1) is 37.4. The Kier molecular flexibility index (Phi) is 7.66. The third-order valence-electron chi connectivity index (χ3n) is 15.8. The molecule has 1 nitrogen and oxygen atoms in total. The average Bonchev–Trinajstić information content (AvgIpc) is 3.97. The van der Waals surface area contributed by atoms with Crippen LogP contribution >= 0.6 is 0 Å². The molecule has 2 spiro atoms. The number of benzene rings is 10. The van der Waals surface area contributed by atoms with Gasteiger partial charge < -0.3 is 4.90 Å². The molecule has 4 aliphatic carbocycles. The maximum absolute atomic E-state index is 2.50. The zero-order valence-corrected chi connectivity index (χ0v) is 37.0. The summed E-state index contributed by atoms with van der Waals surface area (Å²) in [6, 6.07) is 89.2. The summed E-state index contributed by atoms with van der Waals surface area (Å²) in [7, 11) is 0. The third-order valence-corrected chi connectivity index (χ3v) is 15.8. The molecule has 310 valence electrons. The number of fused-ring (bicyclic) bond motifs is 19. The summed E-state index contributed by atoms with van der Waals surface area (Å²) in [4.78, 5) is 2.44. The van der Waals surface area contributed by atoms with Crippen molar-refractivity contribution in [3.63, 3.8) is 0 Å². The molecule has 0 saturated carbocycles. The lowest BCUT2D eigenvalue weighted by Gasteiger charge is -2.47. The van der Waals surface area contributed by atoms with E-state index in [1.165, 1.54) is 100 Å². The van der Waals surface area contributed by atoms with Crippen LogP contribution in [0.4, 0.5) is 17.1 Å². The largest absolute Gasteiger partial charge is 0.310 e. The van der Waals surface area contributed by atoms with E-state index in [0.29, 0.717) is 0 Å². The standard InChI is InChI=1S/C65H45N/c1-63(2)58-33-16-17-34-59(58)64(53-28-11-6-21-47(53)48-22-7-12-29-54(48)64)60-40-39-45(41-61(60)63)66(43-19-4-3-5-20-43)44-37-35-42(36-38-44)46-26-18-27-52-51-25-10-15-32-57(51)65(62(46)52)55-30-13-8-23-49(55)50-24-9-14-31-56(50)65/h3-41H,1-2H3. The Morgan fingerprint density at radius 3 is 1.18 bits per heavy atom. The summed E-state index contributed by atoms with van der Waals surface area (Å²) < 4.78 is 0. The maximum atomic E-state index is 2.50. The third kappa shape index (κ3) is 4.64. The van der Waals surface area contributed by atoms with Crippen LogP contribution in [0.2, 0.25) is 0 Å². The van der Waals surface area contributed by atoms with Gasteiger partial charge in [0, 0.05) is 22.5 Å². The number of hydrogen-bond donors (Lipinski definition) is 0. The molecule has 0 unspecified atom stereocenters. The van der Waals surface area contributed by atoms with Gasteiger partial charge in [0.15, 0.2) is 0 Å². The summed E-state index contributed by atoms with van der Waals surface area (Å²) in [5.74, 6) is 0. The van der Waals surface area contributed by atoms with Gasteiger partial charge in [-0.25, -0.2) is 0 Å². The summed E-state index contributed by atoms with van der Waals surface area (Å²) >= 11 is 0. The molecular weight excluding hydrogens is 795 g/mol. The maximum Gasteiger partial charge on any atom is 0.0731 e. The van der Waals surface area contributed by atoms with Crippen LogP contribution in [-0.2, 0) is 16.2 Å². The Balaban J connectivity index is 0.952. The van der Waals surface area contributed by atoms with Crippen molar-refractivity contribution in [3.05, 3.63) is 292 Å². The minimum Gasteiger partial charge on any atom is -0.310 e. The first-order valence-electron chi connectivity index (χ1n) is 23.3. The Labute approximate surface area is 387 Å². The summed E-state index contributed by atoms with van der Waals surface area (Å²) in [5.41, 5.74) is 26.3. The molecule has 0 N–H and O–H groups in total. The normalized spacial score (nSPS) is 15.2. The van der Waals surface area contributed by atoms with Crippen molar-refractivity contribution in [1.82, 2.24) is 0 Å². The zero-order valence-electron chi connectivity index (χ0n) is 37.0. The molecule has 0 aliphatic heterocycles. The molecule has 14 rings (SSSR count). The number of nitrogens with zero attached hydrogens (tertiary/aromatic N) is 1. The van der Waals surface area contributed by atoms with Crippen LogP contribution in [0.5, 0.6) is 0 Å². The van der Waals surface area contributed by atoms with Gasteiger partial charge in [-0.05, 0) is 137 Å². The highest BCUT2D eigenvalue weighted by Crippen LogP contribution is 2.65. The van der Waals surface area contributed by atoms with E-state index in [2.05, 4.69) is 255 Å². The number of para-hydroxylation sites is 1. The molecule has 0 atom stereocenters. The van der Waals surface area contributed by atoms with Gasteiger partial charge in [-0.15, -0.1) is 0 Å². The molecule has 4 aliphatic rings. The fraction of sp³-hybridized carbons (Fsp3) is 0.0769. The average molecular weight is 840 g/mol. The van der Waals surface area contributed by atoms with E-state index >= 15 is 0 Å². The van der Waals surface area contributed by atoms with E-state index in [4.69, 9.17) is 0 Å². The van der Waals surface area contributed by atoms with Gasteiger partial charge in [-0.3, -0.25) is 0 Å². The molecule has 0 saturated heterocycles. The first-order valence-corrected chi connectivity index (χ1v) is 23.3. The lowest BCUT2D eigenvalue weighted by molar-refractivity contribution is 0.563. The van der Waals surface area contributed by atoms with Gasteiger partial charge in [-0.1, -0.05) is 214 Å². The smallest absolute Gasteiger partial charge is 0.0731 e. The van der Waals surface area contributed by atoms with Gasteiger partial charge >= 0.3 is 0 Å². The molecule has 66 heavy (non-hydrogen) atoms. The lowest BCUT2D eigenvalue weighted by atomic mass is 9.55. The highest BCUT2D eigenvalue weighted by atomic mass is 15.1. The monoisotopic (exact) mass is 839 g/mol. The second-order valence-electron chi connectivity index (χ2n) is 19.1. The highest BCUT2D eigenvalue weighted by molar-refractivity contribution is 5.99. The number of rotatable bonds is 4.